The Morgan fingerprint density at radius 2 is 1.50 bits per heavy atom. The lowest BCUT2D eigenvalue weighted by Crippen LogP contribution is -2.64. The van der Waals surface area contributed by atoms with Crippen LogP contribution in [-0.4, -0.2) is 182 Å². The van der Waals surface area contributed by atoms with Crippen LogP contribution in [0.3, 0.4) is 0 Å². The van der Waals surface area contributed by atoms with E-state index in [0.717, 1.165) is 17.2 Å². The number of amides is 3. The molecule has 0 bridgehead atoms. The maximum Gasteiger partial charge on any atom is 0.481 e. The molecule has 2 fully saturated rings. The number of carbonyl (C=O) groups is 3. The number of phosphoric ester groups is 3. The van der Waals surface area contributed by atoms with Crippen LogP contribution in [0.25, 0.3) is 11.2 Å². The summed E-state index contributed by atoms with van der Waals surface area (Å²) in [5.74, 6) is -1.11. The van der Waals surface area contributed by atoms with E-state index in [4.69, 9.17) is 54.3 Å². The van der Waals surface area contributed by atoms with E-state index < -0.39 is 89.6 Å². The molecule has 2 unspecified atom stereocenters. The number of aromatic nitrogens is 4. The van der Waals surface area contributed by atoms with Crippen molar-refractivity contribution >= 4 is 70.8 Å². The molecule has 4 heterocycles. The Hall–Kier alpha value is -4.33. The minimum absolute atomic E-state index is 0.0363. The van der Waals surface area contributed by atoms with Gasteiger partial charge in [0.25, 0.3) is 0 Å². The van der Waals surface area contributed by atoms with E-state index >= 15 is 0 Å². The Labute approximate surface area is 441 Å². The SMILES string of the molecule is CC(C)(COP(=O)(O)OP(=O)(O)OC[C@H]1O[C@@H](n2cnc3c(N)ncnc32)[C@H](O)[C@@H]1OP(=O)(O)O)[C@@H](O)C(=O)NCCC(=O)NCCS.CCC1(C(=O)NC(COCCC#N)(COCCC#N)COCCC#N)COC1. The van der Waals surface area contributed by atoms with Crippen LogP contribution < -0.4 is 21.7 Å². The lowest BCUT2D eigenvalue weighted by atomic mass is 9.81. The molecule has 7 atom stereocenters. The van der Waals surface area contributed by atoms with E-state index in [1.165, 1.54) is 13.8 Å². The summed E-state index contributed by atoms with van der Waals surface area (Å²) >= 11 is 3.95. The average Bonchev–Trinajstić information content (AvgIpc) is 3.90. The lowest BCUT2D eigenvalue weighted by Gasteiger charge is -2.43. The van der Waals surface area contributed by atoms with Gasteiger partial charge in [0.2, 0.25) is 17.7 Å². The van der Waals surface area contributed by atoms with Gasteiger partial charge in [-0.15, -0.1) is 0 Å². The Morgan fingerprint density at radius 3 is 2.01 bits per heavy atom. The van der Waals surface area contributed by atoms with Gasteiger partial charge in [0.05, 0.1) is 115 Å². The van der Waals surface area contributed by atoms with Crippen molar-refractivity contribution in [3.63, 3.8) is 0 Å². The van der Waals surface area contributed by atoms with Gasteiger partial charge in [-0.05, 0) is 6.42 Å². The largest absolute Gasteiger partial charge is 0.481 e. The highest BCUT2D eigenvalue weighted by Gasteiger charge is 2.51. The number of nitrogens with zero attached hydrogens (tertiary/aromatic N) is 7. The van der Waals surface area contributed by atoms with Crippen LogP contribution in [0.15, 0.2) is 12.7 Å². The quantitative estimate of drug-likeness (QED) is 0.0241. The normalized spacial score (nSPS) is 20.2. The maximum absolute atomic E-state index is 12.9. The predicted octanol–water partition coefficient (Wildman–Crippen LogP) is -0.606. The van der Waals surface area contributed by atoms with E-state index in [1.807, 2.05) is 25.1 Å². The summed E-state index contributed by atoms with van der Waals surface area (Å²) in [6.07, 6.45) is -5.44. The van der Waals surface area contributed by atoms with Crippen LogP contribution in [0, 0.1) is 44.8 Å². The standard InChI is InChI=1S/C21H36N7O16P3S.C19H28N4O5/c1-21(2,16(31)19(32)24-4-3-12(29)23-5-6-48)8-41-47(38,39)44-46(36,37)40-7-11-15(43-45(33,34)35)14(30)20(42-11)28-10-27-13-17(22)25-9-26-18(13)28;1-2-18(12-28-13-18)17(24)23-19(14-25-9-3-6-20,15-26-10-4-7-21)16-27-11-5-8-22/h9-11,14-16,20,30-31,48H,3-8H2,1-2H3,(H,23,29)(H,24,32)(H,36,37)(H,38,39)(H2,22,25,26)(H2,33,34,35);2-5,9-16H2,1H3,(H,23,24)/t11-,14-,15-,16+,20-;/m1./s1. The van der Waals surface area contributed by atoms with Crippen molar-refractivity contribution in [2.45, 2.75) is 89.1 Å². The second-order valence-corrected chi connectivity index (χ2v) is 22.2. The zero-order valence-corrected chi connectivity index (χ0v) is 45.2. The Morgan fingerprint density at radius 1 is 0.921 bits per heavy atom. The number of phosphoric acid groups is 3. The van der Waals surface area contributed by atoms with E-state index in [-0.39, 0.29) is 101 Å². The topological polar surface area (TPSA) is 484 Å². The number of nitrogens with two attached hydrogens (primary N) is 1. The van der Waals surface area contributed by atoms with Crippen molar-refractivity contribution in [1.82, 2.24) is 35.5 Å². The Balaban J connectivity index is 0.000000462. The van der Waals surface area contributed by atoms with E-state index in [1.54, 1.807) is 0 Å². The first kappa shape index (κ1) is 66.0. The van der Waals surface area contributed by atoms with E-state index in [9.17, 15) is 57.9 Å². The number of imidazole rings is 1. The highest BCUT2D eigenvalue weighted by atomic mass is 32.1. The number of hydrogen-bond donors (Lipinski definition) is 11. The van der Waals surface area contributed by atoms with Crippen LogP contribution in [0.1, 0.15) is 59.1 Å². The summed E-state index contributed by atoms with van der Waals surface area (Å²) in [5.41, 5.74) is 2.72. The number of nitrogens with one attached hydrogen (secondary N) is 3. The molecule has 0 radical (unpaired) electrons. The van der Waals surface area contributed by atoms with E-state index in [2.05, 4.69) is 52.4 Å². The predicted molar refractivity (Wildman–Crippen MR) is 261 cm³/mol. The highest BCUT2D eigenvalue weighted by molar-refractivity contribution is 7.80. The first-order valence-electron chi connectivity index (χ1n) is 23.0. The van der Waals surface area contributed by atoms with Crippen LogP contribution in [0.2, 0.25) is 0 Å². The third-order valence-corrected chi connectivity index (χ3v) is 14.3. The van der Waals surface area contributed by atoms with Gasteiger partial charge in [-0.2, -0.15) is 32.7 Å². The molecule has 2 aromatic heterocycles. The van der Waals surface area contributed by atoms with Crippen molar-refractivity contribution < 1.29 is 99.4 Å². The molecule has 2 aromatic rings. The number of hydrogen-bond acceptors (Lipinski definition) is 25. The molecule has 2 saturated heterocycles. The summed E-state index contributed by atoms with van der Waals surface area (Å²) in [6.45, 7) is 4.25. The lowest BCUT2D eigenvalue weighted by molar-refractivity contribution is -0.167. The van der Waals surface area contributed by atoms with Gasteiger partial charge in [-0.3, -0.25) is 32.5 Å². The van der Waals surface area contributed by atoms with Crippen LogP contribution in [0.4, 0.5) is 5.82 Å². The van der Waals surface area contributed by atoms with Crippen molar-refractivity contribution in [2.75, 3.05) is 90.6 Å². The smallest absolute Gasteiger partial charge is 0.386 e. The molecule has 11 N–H and O–H groups in total. The molecule has 0 aliphatic carbocycles. The molecule has 2 aliphatic rings. The fourth-order valence-corrected chi connectivity index (χ4v) is 9.68. The van der Waals surface area contributed by atoms with Crippen molar-refractivity contribution in [3.8, 4) is 18.2 Å². The van der Waals surface area contributed by atoms with Crippen LogP contribution >= 0.6 is 36.1 Å². The maximum atomic E-state index is 12.9. The summed E-state index contributed by atoms with van der Waals surface area (Å²) in [5, 5.41) is 55.2. The number of thiol groups is 1. The number of aliphatic hydroxyl groups is 2. The summed E-state index contributed by atoms with van der Waals surface area (Å²) < 4.78 is 83.7. The summed E-state index contributed by atoms with van der Waals surface area (Å²) in [4.78, 5) is 87.6. The fraction of sp³-hybridized carbons (Fsp3) is 0.725. The summed E-state index contributed by atoms with van der Waals surface area (Å²) in [6, 6.07) is 6.01. The zero-order valence-electron chi connectivity index (χ0n) is 41.6. The number of aliphatic hydroxyl groups excluding tert-OH is 2. The number of carbonyl (C=O) groups excluding carboxylic acids is 3. The molecule has 32 nitrogen and oxygen atoms in total. The first-order chi connectivity index (χ1) is 35.7. The van der Waals surface area contributed by atoms with Gasteiger partial charge in [0, 0.05) is 30.7 Å². The molecule has 36 heteroatoms. The molecule has 76 heavy (non-hydrogen) atoms. The molecule has 2 aliphatic heterocycles. The number of fused-ring (bicyclic) bond motifs is 1. The van der Waals surface area contributed by atoms with Crippen molar-refractivity contribution in [3.05, 3.63) is 12.7 Å². The number of nitrogen functional groups attached to an aromatic ring is 1. The van der Waals surface area contributed by atoms with Gasteiger partial charge < -0.3 is 75.2 Å². The summed E-state index contributed by atoms with van der Waals surface area (Å²) in [7, 11) is -16.3. The highest BCUT2D eigenvalue weighted by Crippen LogP contribution is 2.61. The number of anilines is 1. The van der Waals surface area contributed by atoms with Gasteiger partial charge in [-0.1, -0.05) is 20.8 Å². The minimum atomic E-state index is -5.54. The van der Waals surface area contributed by atoms with Crippen LogP contribution in [-0.2, 0) is 69.6 Å². The van der Waals surface area contributed by atoms with Crippen molar-refractivity contribution in [2.24, 2.45) is 10.8 Å². The monoisotopic (exact) mass is 1160 g/mol. The molecule has 0 spiro atoms. The zero-order chi connectivity index (χ0) is 56.8. The molecule has 0 aromatic carbocycles. The Kier molecular flexibility index (Phi) is 26.7. The van der Waals surface area contributed by atoms with Gasteiger partial charge in [0.15, 0.2) is 17.7 Å². The number of nitriles is 3. The van der Waals surface area contributed by atoms with Gasteiger partial charge in [0.1, 0.15) is 41.8 Å². The second-order valence-electron chi connectivity index (χ2n) is 17.5. The molecular formula is C40H64N11O21P3S. The molecule has 426 valence electrons. The van der Waals surface area contributed by atoms with Gasteiger partial charge in [-0.25, -0.2) is 28.6 Å². The minimum Gasteiger partial charge on any atom is -0.386 e. The Bertz CT molecular complexity index is 2440. The number of rotatable bonds is 33. The third kappa shape index (κ3) is 20.8. The molecular weight excluding hydrogens is 1100 g/mol. The van der Waals surface area contributed by atoms with Crippen LogP contribution in [0.5, 0.6) is 0 Å². The molecule has 3 amide bonds. The second kappa shape index (κ2) is 30.7. The number of ether oxygens (including phenoxy) is 5. The third-order valence-electron chi connectivity index (χ3n) is 11.0. The first-order valence-corrected chi connectivity index (χ1v) is 28.1. The average molecular weight is 1160 g/mol. The van der Waals surface area contributed by atoms with Crippen molar-refractivity contribution in [1.29, 1.82) is 15.8 Å². The fourth-order valence-electron chi connectivity index (χ4n) is 6.74. The molecule has 0 saturated carbocycles. The van der Waals surface area contributed by atoms with E-state index in [0.29, 0.717) is 31.9 Å². The molecule has 4 rings (SSSR count). The van der Waals surface area contributed by atoms with Gasteiger partial charge >= 0.3 is 23.5 Å².